The lowest BCUT2D eigenvalue weighted by Gasteiger charge is -2.16. The predicted octanol–water partition coefficient (Wildman–Crippen LogP) is 3.46. The number of benzene rings is 1. The van der Waals surface area contributed by atoms with E-state index in [4.69, 9.17) is 0 Å². The summed E-state index contributed by atoms with van der Waals surface area (Å²) in [4.78, 5) is 14.3. The standard InChI is InChI=1S/C15H23NOS/c1-4-13-7-9-14(10-8-13)15(17)18-12-11-16(5-2)6-3/h7-10H,4-6,11-12H2,1-3H3. The fourth-order valence-electron chi connectivity index (χ4n) is 1.77. The molecule has 1 rings (SSSR count). The lowest BCUT2D eigenvalue weighted by Crippen LogP contribution is -2.25. The van der Waals surface area contributed by atoms with Gasteiger partial charge in [-0.1, -0.05) is 56.8 Å². The summed E-state index contributed by atoms with van der Waals surface area (Å²) in [5.74, 6) is 0.871. The number of rotatable bonds is 7. The molecule has 0 heterocycles. The lowest BCUT2D eigenvalue weighted by atomic mass is 10.1. The molecule has 0 atom stereocenters. The highest BCUT2D eigenvalue weighted by atomic mass is 32.2. The highest BCUT2D eigenvalue weighted by Crippen LogP contribution is 2.14. The molecule has 1 aromatic carbocycles. The first-order valence-electron chi connectivity index (χ1n) is 6.69. The van der Waals surface area contributed by atoms with Crippen molar-refractivity contribution < 1.29 is 4.79 Å². The molecule has 0 fully saturated rings. The normalized spacial score (nSPS) is 10.9. The van der Waals surface area contributed by atoms with E-state index in [9.17, 15) is 4.79 Å². The molecule has 0 saturated carbocycles. The van der Waals surface area contributed by atoms with Gasteiger partial charge in [-0.05, 0) is 25.1 Å². The number of hydrogen-bond donors (Lipinski definition) is 0. The number of aryl methyl sites for hydroxylation is 1. The van der Waals surface area contributed by atoms with Crippen molar-refractivity contribution in [3.05, 3.63) is 35.4 Å². The van der Waals surface area contributed by atoms with Crippen molar-refractivity contribution >= 4 is 16.9 Å². The Morgan fingerprint density at radius 1 is 1.11 bits per heavy atom. The molecule has 0 amide bonds. The van der Waals surface area contributed by atoms with Crippen molar-refractivity contribution in [1.29, 1.82) is 0 Å². The van der Waals surface area contributed by atoms with Gasteiger partial charge in [0.15, 0.2) is 0 Å². The van der Waals surface area contributed by atoms with E-state index in [1.807, 2.05) is 24.3 Å². The summed E-state index contributed by atoms with van der Waals surface area (Å²) in [6.45, 7) is 9.51. The van der Waals surface area contributed by atoms with Crippen LogP contribution in [0.2, 0.25) is 0 Å². The third-order valence-electron chi connectivity index (χ3n) is 3.13. The maximum atomic E-state index is 11.9. The molecule has 0 unspecified atom stereocenters. The van der Waals surface area contributed by atoms with E-state index in [0.29, 0.717) is 0 Å². The Bertz CT molecular complexity index is 357. The number of hydrogen-bond acceptors (Lipinski definition) is 3. The molecule has 0 aliphatic carbocycles. The first-order valence-corrected chi connectivity index (χ1v) is 7.68. The van der Waals surface area contributed by atoms with Gasteiger partial charge in [0.2, 0.25) is 5.12 Å². The first-order chi connectivity index (χ1) is 8.71. The van der Waals surface area contributed by atoms with E-state index in [1.165, 1.54) is 17.3 Å². The first kappa shape index (κ1) is 15.3. The third-order valence-corrected chi connectivity index (χ3v) is 4.02. The second-order valence-corrected chi connectivity index (χ2v) is 5.28. The Morgan fingerprint density at radius 2 is 1.72 bits per heavy atom. The van der Waals surface area contributed by atoms with Gasteiger partial charge in [0, 0.05) is 17.9 Å². The molecule has 1 aromatic rings. The van der Waals surface area contributed by atoms with Crippen LogP contribution >= 0.6 is 11.8 Å². The average molecular weight is 265 g/mol. The molecular formula is C15H23NOS. The number of carbonyl (C=O) groups is 1. The zero-order valence-electron chi connectivity index (χ0n) is 11.6. The molecule has 2 nitrogen and oxygen atoms in total. The summed E-state index contributed by atoms with van der Waals surface area (Å²) < 4.78 is 0. The van der Waals surface area contributed by atoms with Crippen LogP contribution in [-0.2, 0) is 6.42 Å². The molecule has 0 aliphatic rings. The zero-order valence-corrected chi connectivity index (χ0v) is 12.4. The Balaban J connectivity index is 2.40. The van der Waals surface area contributed by atoms with Crippen LogP contribution in [0.3, 0.4) is 0 Å². The number of thioether (sulfide) groups is 1. The summed E-state index contributed by atoms with van der Waals surface area (Å²) in [5, 5.41) is 0.185. The van der Waals surface area contributed by atoms with Crippen molar-refractivity contribution in [2.45, 2.75) is 27.2 Å². The fourth-order valence-corrected chi connectivity index (χ4v) is 2.60. The van der Waals surface area contributed by atoms with Crippen LogP contribution in [-0.4, -0.2) is 35.4 Å². The van der Waals surface area contributed by atoms with Gasteiger partial charge in [-0.25, -0.2) is 0 Å². The minimum atomic E-state index is 0.185. The number of carbonyl (C=O) groups excluding carboxylic acids is 1. The van der Waals surface area contributed by atoms with E-state index < -0.39 is 0 Å². The molecule has 100 valence electrons. The average Bonchev–Trinajstić information content (AvgIpc) is 2.43. The molecule has 18 heavy (non-hydrogen) atoms. The lowest BCUT2D eigenvalue weighted by molar-refractivity contribution is 0.108. The maximum Gasteiger partial charge on any atom is 0.219 e. The van der Waals surface area contributed by atoms with Gasteiger partial charge < -0.3 is 4.90 Å². The number of nitrogens with zero attached hydrogens (tertiary/aromatic N) is 1. The van der Waals surface area contributed by atoms with E-state index >= 15 is 0 Å². The Kier molecular flexibility index (Phi) is 7.06. The summed E-state index contributed by atoms with van der Waals surface area (Å²) >= 11 is 1.42. The van der Waals surface area contributed by atoms with Crippen LogP contribution in [0.15, 0.2) is 24.3 Å². The molecule has 3 heteroatoms. The van der Waals surface area contributed by atoms with Crippen molar-refractivity contribution in [3.8, 4) is 0 Å². The molecule has 0 saturated heterocycles. The Morgan fingerprint density at radius 3 is 2.22 bits per heavy atom. The second-order valence-electron chi connectivity index (χ2n) is 4.21. The van der Waals surface area contributed by atoms with E-state index in [1.54, 1.807) is 0 Å². The van der Waals surface area contributed by atoms with Crippen molar-refractivity contribution in [2.75, 3.05) is 25.4 Å². The second kappa shape index (κ2) is 8.33. The molecule has 0 aromatic heterocycles. The summed E-state index contributed by atoms with van der Waals surface area (Å²) in [7, 11) is 0. The fraction of sp³-hybridized carbons (Fsp3) is 0.533. The monoisotopic (exact) mass is 265 g/mol. The van der Waals surface area contributed by atoms with E-state index in [0.717, 1.165) is 37.4 Å². The minimum absolute atomic E-state index is 0.185. The largest absolute Gasteiger partial charge is 0.303 e. The van der Waals surface area contributed by atoms with E-state index in [2.05, 4.69) is 25.7 Å². The highest BCUT2D eigenvalue weighted by Gasteiger charge is 2.07. The van der Waals surface area contributed by atoms with Crippen molar-refractivity contribution in [1.82, 2.24) is 4.90 Å². The molecular weight excluding hydrogens is 242 g/mol. The molecule has 0 aliphatic heterocycles. The zero-order chi connectivity index (χ0) is 13.4. The Labute approximate surface area is 115 Å². The summed E-state index contributed by atoms with van der Waals surface area (Å²) in [6.07, 6.45) is 1.02. The van der Waals surface area contributed by atoms with Gasteiger partial charge in [-0.15, -0.1) is 0 Å². The third kappa shape index (κ3) is 4.83. The maximum absolute atomic E-state index is 11.9. The molecule has 0 radical (unpaired) electrons. The highest BCUT2D eigenvalue weighted by molar-refractivity contribution is 8.14. The van der Waals surface area contributed by atoms with Gasteiger partial charge in [0.1, 0.15) is 0 Å². The van der Waals surface area contributed by atoms with Gasteiger partial charge in [0.25, 0.3) is 0 Å². The van der Waals surface area contributed by atoms with Crippen LogP contribution < -0.4 is 0 Å². The van der Waals surface area contributed by atoms with Crippen LogP contribution in [0.5, 0.6) is 0 Å². The van der Waals surface area contributed by atoms with Crippen LogP contribution in [0.25, 0.3) is 0 Å². The van der Waals surface area contributed by atoms with Crippen LogP contribution in [0, 0.1) is 0 Å². The topological polar surface area (TPSA) is 20.3 Å². The molecule has 0 N–H and O–H groups in total. The summed E-state index contributed by atoms with van der Waals surface area (Å²) in [6, 6.07) is 7.95. The van der Waals surface area contributed by atoms with Crippen molar-refractivity contribution in [2.24, 2.45) is 0 Å². The van der Waals surface area contributed by atoms with Gasteiger partial charge in [-0.2, -0.15) is 0 Å². The van der Waals surface area contributed by atoms with Crippen molar-refractivity contribution in [3.63, 3.8) is 0 Å². The van der Waals surface area contributed by atoms with Crippen LogP contribution in [0.1, 0.15) is 36.7 Å². The molecule has 0 bridgehead atoms. The SMILES string of the molecule is CCc1ccc(C(=O)SCCN(CC)CC)cc1. The summed E-state index contributed by atoms with van der Waals surface area (Å²) in [5.41, 5.74) is 2.09. The smallest absolute Gasteiger partial charge is 0.219 e. The van der Waals surface area contributed by atoms with E-state index in [-0.39, 0.29) is 5.12 Å². The molecule has 0 spiro atoms. The van der Waals surface area contributed by atoms with Gasteiger partial charge in [-0.3, -0.25) is 4.79 Å². The van der Waals surface area contributed by atoms with Gasteiger partial charge in [0.05, 0.1) is 0 Å². The Hall–Kier alpha value is -0.800. The quantitative estimate of drug-likeness (QED) is 0.753. The predicted molar refractivity (Wildman–Crippen MR) is 80.4 cm³/mol. The minimum Gasteiger partial charge on any atom is -0.303 e. The van der Waals surface area contributed by atoms with Gasteiger partial charge >= 0.3 is 0 Å². The van der Waals surface area contributed by atoms with Crippen LogP contribution in [0.4, 0.5) is 0 Å².